The lowest BCUT2D eigenvalue weighted by Crippen LogP contribution is -2.55. The quantitative estimate of drug-likeness (QED) is 0.0476. The van der Waals surface area contributed by atoms with Crippen molar-refractivity contribution in [1.82, 2.24) is 0 Å². The average molecular weight is 614 g/mol. The average Bonchev–Trinajstić information content (AvgIpc) is 2.94. The zero-order chi connectivity index (χ0) is 32.2. The van der Waals surface area contributed by atoms with E-state index in [1.54, 1.807) is 21.1 Å². The first-order valence-corrected chi connectivity index (χ1v) is 17.6. The largest absolute Gasteiger partial charge is 0.544 e. The van der Waals surface area contributed by atoms with Crippen LogP contribution in [0.4, 0.5) is 0 Å². The van der Waals surface area contributed by atoms with Crippen molar-refractivity contribution in [2.24, 2.45) is 0 Å². The molecule has 0 spiro atoms. The Kier molecular flexibility index (Phi) is 26.8. The maximum atomic E-state index is 12.6. The molecule has 0 rings (SSSR count). The van der Waals surface area contributed by atoms with Crippen LogP contribution >= 0.6 is 0 Å². The van der Waals surface area contributed by atoms with Gasteiger partial charge in [0.2, 0.25) is 0 Å². The summed E-state index contributed by atoms with van der Waals surface area (Å²) in [5.74, 6) is -1.74. The summed E-state index contributed by atoms with van der Waals surface area (Å²) in [4.78, 5) is 36.4. The van der Waals surface area contributed by atoms with Gasteiger partial charge in [0.05, 0.1) is 40.3 Å². The predicted octanol–water partition coefficient (Wildman–Crippen LogP) is 6.90. The molecule has 8 nitrogen and oxygen atoms in total. The van der Waals surface area contributed by atoms with Crippen molar-refractivity contribution in [3.8, 4) is 0 Å². The van der Waals surface area contributed by atoms with Crippen LogP contribution in [0.5, 0.6) is 0 Å². The van der Waals surface area contributed by atoms with Crippen LogP contribution in [0, 0.1) is 0 Å². The number of carbonyl (C=O) groups is 3. The molecule has 43 heavy (non-hydrogen) atoms. The maximum absolute atomic E-state index is 12.6. The first-order chi connectivity index (χ1) is 20.6. The first-order valence-electron chi connectivity index (χ1n) is 17.6. The molecule has 0 radical (unpaired) electrons. The van der Waals surface area contributed by atoms with Gasteiger partial charge in [-0.3, -0.25) is 9.59 Å². The number of quaternary nitrogens is 1. The third kappa shape index (κ3) is 26.5. The molecule has 2 unspecified atom stereocenters. The summed E-state index contributed by atoms with van der Waals surface area (Å²) in [6.45, 7) is 4.60. The van der Waals surface area contributed by atoms with Gasteiger partial charge in [-0.05, 0) is 12.8 Å². The minimum Gasteiger partial charge on any atom is -0.544 e. The molecular weight excluding hydrogens is 546 g/mol. The number of aliphatic carboxylic acids is 1. The number of ether oxygens (including phenoxy) is 3. The Morgan fingerprint density at radius 3 is 1.44 bits per heavy atom. The van der Waals surface area contributed by atoms with Crippen LogP contribution < -0.4 is 5.11 Å². The molecule has 0 aromatic carbocycles. The highest BCUT2D eigenvalue weighted by Crippen LogP contribution is 2.14. The number of esters is 2. The summed E-state index contributed by atoms with van der Waals surface area (Å²) in [5, 5.41) is 11.5. The molecule has 0 saturated heterocycles. The Morgan fingerprint density at radius 1 is 0.605 bits per heavy atom. The number of unbranched alkanes of at least 4 members (excludes halogenated alkanes) is 17. The van der Waals surface area contributed by atoms with Gasteiger partial charge in [0.15, 0.2) is 6.10 Å². The lowest BCUT2D eigenvalue weighted by Gasteiger charge is -2.34. The van der Waals surface area contributed by atoms with Crippen molar-refractivity contribution >= 4 is 17.9 Å². The van der Waals surface area contributed by atoms with Crippen LogP contribution in [0.15, 0.2) is 0 Å². The fourth-order valence-corrected chi connectivity index (χ4v) is 5.19. The second-order valence-corrected chi connectivity index (χ2v) is 13.1. The summed E-state index contributed by atoms with van der Waals surface area (Å²) in [6.07, 6.45) is 22.8. The number of hydrogen-bond acceptors (Lipinski definition) is 7. The third-order valence-corrected chi connectivity index (χ3v) is 7.99. The molecule has 0 heterocycles. The number of rotatable bonds is 31. The Hall–Kier alpha value is -1.67. The fourth-order valence-electron chi connectivity index (χ4n) is 5.19. The Morgan fingerprint density at radius 2 is 1.02 bits per heavy atom. The minimum absolute atomic E-state index is 0.0474. The number of carbonyl (C=O) groups excluding carboxylic acids is 3. The minimum atomic E-state index is -1.12. The predicted molar refractivity (Wildman–Crippen MR) is 171 cm³/mol. The van der Waals surface area contributed by atoms with E-state index < -0.39 is 18.1 Å². The lowest BCUT2D eigenvalue weighted by atomic mass is 10.0. The van der Waals surface area contributed by atoms with Gasteiger partial charge in [-0.2, -0.15) is 0 Å². The van der Waals surface area contributed by atoms with E-state index in [0.29, 0.717) is 12.8 Å². The molecule has 0 aromatic rings. The van der Waals surface area contributed by atoms with Gasteiger partial charge < -0.3 is 28.6 Å². The zero-order valence-electron chi connectivity index (χ0n) is 28.6. The standard InChI is InChI=1S/C35H67NO7/c1-6-8-10-12-14-15-16-17-18-20-22-24-26-34(38)43-31(29-41-28-27-32(35(39)40)36(3,4)5)30-42-33(37)25-23-21-19-13-11-9-7-2/h31-32H,6-30H2,1-5H3. The van der Waals surface area contributed by atoms with Crippen molar-refractivity contribution < 1.29 is 38.2 Å². The molecular formula is C35H67NO7. The summed E-state index contributed by atoms with van der Waals surface area (Å²) < 4.78 is 17.0. The third-order valence-electron chi connectivity index (χ3n) is 7.99. The van der Waals surface area contributed by atoms with Gasteiger partial charge in [-0.1, -0.05) is 123 Å². The van der Waals surface area contributed by atoms with Gasteiger partial charge in [-0.25, -0.2) is 0 Å². The van der Waals surface area contributed by atoms with Crippen LogP contribution in [-0.2, 0) is 28.6 Å². The highest BCUT2D eigenvalue weighted by atomic mass is 16.6. The molecule has 0 bridgehead atoms. The van der Waals surface area contributed by atoms with E-state index in [9.17, 15) is 19.5 Å². The number of carboxylic acid groups (broad SMARTS) is 1. The molecule has 8 heteroatoms. The fraction of sp³-hybridized carbons (Fsp3) is 0.914. The first kappa shape index (κ1) is 41.3. The smallest absolute Gasteiger partial charge is 0.306 e. The molecule has 0 aliphatic heterocycles. The maximum Gasteiger partial charge on any atom is 0.306 e. The molecule has 0 aliphatic rings. The molecule has 0 saturated carbocycles. The van der Waals surface area contributed by atoms with E-state index in [0.717, 1.165) is 38.5 Å². The van der Waals surface area contributed by atoms with E-state index in [1.807, 2.05) is 0 Å². The molecule has 0 N–H and O–H groups in total. The normalized spacial score (nSPS) is 13.0. The van der Waals surface area contributed by atoms with Gasteiger partial charge in [0.25, 0.3) is 0 Å². The van der Waals surface area contributed by atoms with Crippen LogP contribution in [0.3, 0.4) is 0 Å². The number of carboxylic acids is 1. The molecule has 2 atom stereocenters. The van der Waals surface area contributed by atoms with E-state index in [-0.39, 0.29) is 42.7 Å². The lowest BCUT2D eigenvalue weighted by molar-refractivity contribution is -0.889. The summed E-state index contributed by atoms with van der Waals surface area (Å²) >= 11 is 0. The SMILES string of the molecule is CCCCCCCCCCCCCCC(=O)OC(COCCC(C(=O)[O-])[N+](C)(C)C)COC(=O)CCCCCCCCC. The van der Waals surface area contributed by atoms with E-state index in [1.165, 1.54) is 83.5 Å². The zero-order valence-corrected chi connectivity index (χ0v) is 28.6. The molecule has 0 amide bonds. The van der Waals surface area contributed by atoms with Crippen molar-refractivity contribution in [3.63, 3.8) is 0 Å². The molecule has 0 fully saturated rings. The van der Waals surface area contributed by atoms with E-state index in [4.69, 9.17) is 14.2 Å². The highest BCUT2D eigenvalue weighted by Gasteiger charge is 2.25. The second-order valence-electron chi connectivity index (χ2n) is 13.1. The van der Waals surface area contributed by atoms with Crippen molar-refractivity contribution in [2.75, 3.05) is 41.0 Å². The monoisotopic (exact) mass is 613 g/mol. The van der Waals surface area contributed by atoms with Crippen LogP contribution in [0.1, 0.15) is 155 Å². The second kappa shape index (κ2) is 27.8. The van der Waals surface area contributed by atoms with E-state index >= 15 is 0 Å². The molecule has 0 aliphatic carbocycles. The summed E-state index contributed by atoms with van der Waals surface area (Å²) in [6, 6.07) is -0.716. The Labute approximate surface area is 264 Å². The van der Waals surface area contributed by atoms with Gasteiger partial charge in [-0.15, -0.1) is 0 Å². The summed E-state index contributed by atoms with van der Waals surface area (Å²) in [7, 11) is 5.39. The number of nitrogens with zero attached hydrogens (tertiary/aromatic N) is 1. The van der Waals surface area contributed by atoms with Crippen molar-refractivity contribution in [3.05, 3.63) is 0 Å². The van der Waals surface area contributed by atoms with Crippen molar-refractivity contribution in [1.29, 1.82) is 0 Å². The van der Waals surface area contributed by atoms with Gasteiger partial charge in [0.1, 0.15) is 12.6 Å². The Balaban J connectivity index is 4.42. The van der Waals surface area contributed by atoms with Crippen LogP contribution in [0.25, 0.3) is 0 Å². The van der Waals surface area contributed by atoms with Crippen LogP contribution in [0.2, 0.25) is 0 Å². The van der Waals surface area contributed by atoms with Crippen molar-refractivity contribution in [2.45, 2.75) is 167 Å². The molecule has 0 aromatic heterocycles. The number of hydrogen-bond donors (Lipinski definition) is 0. The van der Waals surface area contributed by atoms with Crippen LogP contribution in [-0.4, -0.2) is 75.5 Å². The number of likely N-dealkylation sites (N-methyl/N-ethyl adjacent to an activating group) is 1. The summed E-state index contributed by atoms with van der Waals surface area (Å²) in [5.41, 5.74) is 0. The van der Waals surface area contributed by atoms with Gasteiger partial charge in [0, 0.05) is 19.3 Å². The van der Waals surface area contributed by atoms with Gasteiger partial charge >= 0.3 is 11.9 Å². The van der Waals surface area contributed by atoms with E-state index in [2.05, 4.69) is 13.8 Å². The molecule has 254 valence electrons. The topological polar surface area (TPSA) is 102 Å². The Bertz CT molecular complexity index is 692. The highest BCUT2D eigenvalue weighted by molar-refractivity contribution is 5.70.